The number of rotatable bonds is 3. The van der Waals surface area contributed by atoms with E-state index in [4.69, 9.17) is 0 Å². The molecular weight excluding hydrogens is 260 g/mol. The number of nitrogens with one attached hydrogen (secondary N) is 2. The molecule has 0 saturated heterocycles. The van der Waals surface area contributed by atoms with Gasteiger partial charge >= 0.3 is 0 Å². The highest BCUT2D eigenvalue weighted by Gasteiger charge is 2.18. The van der Waals surface area contributed by atoms with E-state index in [9.17, 15) is 4.79 Å². The van der Waals surface area contributed by atoms with Gasteiger partial charge in [-0.05, 0) is 17.5 Å². The van der Waals surface area contributed by atoms with Crippen molar-refractivity contribution < 1.29 is 4.79 Å². The quantitative estimate of drug-likeness (QED) is 0.668. The molecule has 0 aliphatic heterocycles. The summed E-state index contributed by atoms with van der Waals surface area (Å²) in [7, 11) is 0. The first kappa shape index (κ1) is 13.5. The summed E-state index contributed by atoms with van der Waals surface area (Å²) in [5.74, 6) is -0.320. The van der Waals surface area contributed by atoms with E-state index in [0.29, 0.717) is 5.69 Å². The molecule has 5 nitrogen and oxygen atoms in total. The SMILES string of the molecule is CC(C)(C)c1cc(C(=O)N/N=C\c2cccs2)n[nH]1. The van der Waals surface area contributed by atoms with Crippen molar-refractivity contribution in [3.8, 4) is 0 Å². The van der Waals surface area contributed by atoms with Gasteiger partial charge in [-0.15, -0.1) is 11.3 Å². The van der Waals surface area contributed by atoms with E-state index < -0.39 is 0 Å². The second-order valence-electron chi connectivity index (χ2n) is 5.13. The molecular formula is C13H16N4OS. The summed E-state index contributed by atoms with van der Waals surface area (Å²) < 4.78 is 0. The average Bonchev–Trinajstić information content (AvgIpc) is 2.99. The Hall–Kier alpha value is -1.95. The lowest BCUT2D eigenvalue weighted by atomic mass is 9.92. The van der Waals surface area contributed by atoms with Gasteiger partial charge in [0.25, 0.3) is 5.91 Å². The monoisotopic (exact) mass is 276 g/mol. The second kappa shape index (κ2) is 5.36. The third-order valence-electron chi connectivity index (χ3n) is 2.52. The van der Waals surface area contributed by atoms with Gasteiger partial charge in [-0.25, -0.2) is 5.43 Å². The lowest BCUT2D eigenvalue weighted by molar-refractivity contribution is 0.0950. The van der Waals surface area contributed by atoms with Crippen LogP contribution in [-0.4, -0.2) is 22.3 Å². The second-order valence-corrected chi connectivity index (χ2v) is 6.11. The number of hydrazone groups is 1. The maximum absolute atomic E-state index is 11.8. The van der Waals surface area contributed by atoms with Gasteiger partial charge < -0.3 is 0 Å². The topological polar surface area (TPSA) is 70.1 Å². The minimum Gasteiger partial charge on any atom is -0.281 e. The van der Waals surface area contributed by atoms with E-state index in [1.165, 1.54) is 0 Å². The normalized spacial score (nSPS) is 11.9. The van der Waals surface area contributed by atoms with Gasteiger partial charge in [0, 0.05) is 16.0 Å². The lowest BCUT2D eigenvalue weighted by Crippen LogP contribution is -2.18. The van der Waals surface area contributed by atoms with Crippen LogP contribution in [0, 0.1) is 0 Å². The Kier molecular flexibility index (Phi) is 3.80. The van der Waals surface area contributed by atoms with Crippen molar-refractivity contribution in [1.82, 2.24) is 15.6 Å². The van der Waals surface area contributed by atoms with E-state index in [0.717, 1.165) is 10.6 Å². The van der Waals surface area contributed by atoms with Gasteiger partial charge in [0.05, 0.1) is 6.21 Å². The van der Waals surface area contributed by atoms with Crippen LogP contribution in [0.1, 0.15) is 41.8 Å². The fraction of sp³-hybridized carbons (Fsp3) is 0.308. The van der Waals surface area contributed by atoms with Crippen LogP contribution in [0.5, 0.6) is 0 Å². The molecule has 0 aromatic carbocycles. The highest BCUT2D eigenvalue weighted by molar-refractivity contribution is 7.11. The van der Waals surface area contributed by atoms with Gasteiger partial charge in [0.2, 0.25) is 0 Å². The Morgan fingerprint density at radius 2 is 2.32 bits per heavy atom. The van der Waals surface area contributed by atoms with Crippen LogP contribution < -0.4 is 5.43 Å². The maximum atomic E-state index is 11.8. The molecule has 0 aliphatic rings. The van der Waals surface area contributed by atoms with Gasteiger partial charge in [-0.3, -0.25) is 9.89 Å². The number of hydrogen-bond acceptors (Lipinski definition) is 4. The zero-order chi connectivity index (χ0) is 13.9. The standard InChI is InChI=1S/C13H16N4OS/c1-13(2,3)11-7-10(15-16-11)12(18)17-14-8-9-5-4-6-19-9/h4-8H,1-3H3,(H,15,16)(H,17,18)/b14-8-. The number of aromatic nitrogens is 2. The van der Waals surface area contributed by atoms with Crippen molar-refractivity contribution in [2.24, 2.45) is 5.10 Å². The Balaban J connectivity index is 1.99. The number of nitrogens with zero attached hydrogens (tertiary/aromatic N) is 2. The van der Waals surface area contributed by atoms with Gasteiger partial charge in [-0.2, -0.15) is 10.2 Å². The first-order valence-corrected chi connectivity index (χ1v) is 6.77. The van der Waals surface area contributed by atoms with Crippen molar-refractivity contribution in [2.45, 2.75) is 26.2 Å². The molecule has 2 N–H and O–H groups in total. The molecule has 0 saturated carbocycles. The minimum atomic E-state index is -0.320. The number of carbonyl (C=O) groups excluding carboxylic acids is 1. The highest BCUT2D eigenvalue weighted by atomic mass is 32.1. The van der Waals surface area contributed by atoms with E-state index in [1.807, 2.05) is 17.5 Å². The first-order valence-electron chi connectivity index (χ1n) is 5.89. The Bertz CT molecular complexity index is 578. The molecule has 0 radical (unpaired) electrons. The van der Waals surface area contributed by atoms with Crippen molar-refractivity contribution in [2.75, 3.05) is 0 Å². The molecule has 2 aromatic rings. The number of thiophene rings is 1. The number of carbonyl (C=O) groups is 1. The summed E-state index contributed by atoms with van der Waals surface area (Å²) >= 11 is 1.56. The van der Waals surface area contributed by atoms with Crippen LogP contribution >= 0.6 is 11.3 Å². The van der Waals surface area contributed by atoms with Crippen LogP contribution in [-0.2, 0) is 5.41 Å². The summed E-state index contributed by atoms with van der Waals surface area (Å²) in [6.45, 7) is 6.16. The van der Waals surface area contributed by atoms with Gasteiger partial charge in [0.1, 0.15) is 0 Å². The van der Waals surface area contributed by atoms with Crippen molar-refractivity contribution in [3.05, 3.63) is 39.8 Å². The molecule has 0 bridgehead atoms. The Labute approximate surface area is 115 Å². The number of H-pyrrole nitrogens is 1. The van der Waals surface area contributed by atoms with E-state index >= 15 is 0 Å². The Morgan fingerprint density at radius 3 is 2.89 bits per heavy atom. The van der Waals surface area contributed by atoms with E-state index in [2.05, 4.69) is 41.5 Å². The summed E-state index contributed by atoms with van der Waals surface area (Å²) in [6, 6.07) is 5.60. The minimum absolute atomic E-state index is 0.0637. The first-order chi connectivity index (χ1) is 8.97. The van der Waals surface area contributed by atoms with Crippen LogP contribution in [0.15, 0.2) is 28.7 Å². The molecule has 0 fully saturated rings. The van der Waals surface area contributed by atoms with Crippen LogP contribution in [0.3, 0.4) is 0 Å². The number of hydrogen-bond donors (Lipinski definition) is 2. The highest BCUT2D eigenvalue weighted by Crippen LogP contribution is 2.20. The summed E-state index contributed by atoms with van der Waals surface area (Å²) in [6.07, 6.45) is 1.61. The predicted octanol–water partition coefficient (Wildman–Crippen LogP) is 2.53. The number of aromatic amines is 1. The smallest absolute Gasteiger partial charge is 0.281 e. The molecule has 2 rings (SSSR count). The van der Waals surface area contributed by atoms with Crippen molar-refractivity contribution in [3.63, 3.8) is 0 Å². The van der Waals surface area contributed by atoms with Crippen LogP contribution in [0.4, 0.5) is 0 Å². The predicted molar refractivity (Wildman–Crippen MR) is 76.7 cm³/mol. The molecule has 0 unspecified atom stereocenters. The summed E-state index contributed by atoms with van der Waals surface area (Å²) in [5, 5.41) is 12.7. The fourth-order valence-corrected chi connectivity index (χ4v) is 1.98. The van der Waals surface area contributed by atoms with Crippen LogP contribution in [0.25, 0.3) is 0 Å². The molecule has 6 heteroatoms. The number of amides is 1. The average molecular weight is 276 g/mol. The molecule has 19 heavy (non-hydrogen) atoms. The van der Waals surface area contributed by atoms with E-state index in [-0.39, 0.29) is 11.3 Å². The summed E-state index contributed by atoms with van der Waals surface area (Å²) in [4.78, 5) is 12.8. The molecule has 0 atom stereocenters. The van der Waals surface area contributed by atoms with Crippen LogP contribution in [0.2, 0.25) is 0 Å². The third-order valence-corrected chi connectivity index (χ3v) is 3.33. The summed E-state index contributed by atoms with van der Waals surface area (Å²) in [5.41, 5.74) is 3.65. The van der Waals surface area contributed by atoms with Crippen molar-refractivity contribution in [1.29, 1.82) is 0 Å². The van der Waals surface area contributed by atoms with Gasteiger partial charge in [-0.1, -0.05) is 26.8 Å². The fourth-order valence-electron chi connectivity index (χ4n) is 1.40. The van der Waals surface area contributed by atoms with E-state index in [1.54, 1.807) is 23.6 Å². The maximum Gasteiger partial charge on any atom is 0.291 e. The third kappa shape index (κ3) is 3.51. The molecule has 2 heterocycles. The van der Waals surface area contributed by atoms with Gasteiger partial charge in [0.15, 0.2) is 5.69 Å². The molecule has 1 amide bonds. The molecule has 0 aliphatic carbocycles. The zero-order valence-corrected chi connectivity index (χ0v) is 11.9. The zero-order valence-electron chi connectivity index (χ0n) is 11.1. The lowest BCUT2D eigenvalue weighted by Gasteiger charge is -2.14. The largest absolute Gasteiger partial charge is 0.291 e. The Morgan fingerprint density at radius 1 is 1.53 bits per heavy atom. The molecule has 0 spiro atoms. The molecule has 100 valence electrons. The van der Waals surface area contributed by atoms with Crippen molar-refractivity contribution >= 4 is 23.5 Å². The molecule has 2 aromatic heterocycles.